The van der Waals surface area contributed by atoms with E-state index in [0.717, 1.165) is 36.4 Å². The highest BCUT2D eigenvalue weighted by atomic mass is 16.5. The Kier molecular flexibility index (Phi) is 6.19. The SMILES string of the molecule is COc1cccc(-c2cncc(N3CC4CNC(C4)C3)c2)c1C(=O)N(C(C)C)C(C)C. The van der Waals surface area contributed by atoms with Crippen LogP contribution in [0, 0.1) is 5.92 Å². The quantitative estimate of drug-likeness (QED) is 0.767. The van der Waals surface area contributed by atoms with E-state index in [0.29, 0.717) is 23.3 Å². The fourth-order valence-electron chi connectivity index (χ4n) is 5.15. The molecular weight excluding hydrogens is 388 g/mol. The maximum absolute atomic E-state index is 13.7. The molecule has 0 spiro atoms. The van der Waals surface area contributed by atoms with Crippen molar-refractivity contribution < 1.29 is 9.53 Å². The maximum Gasteiger partial charge on any atom is 0.258 e. The first kappa shape index (κ1) is 21.6. The van der Waals surface area contributed by atoms with Crippen LogP contribution in [0.3, 0.4) is 0 Å². The number of ether oxygens (including phenoxy) is 1. The molecule has 6 nitrogen and oxygen atoms in total. The molecule has 1 amide bonds. The third-order valence-corrected chi connectivity index (χ3v) is 6.44. The summed E-state index contributed by atoms with van der Waals surface area (Å²) in [4.78, 5) is 22.6. The van der Waals surface area contributed by atoms with Gasteiger partial charge in [-0.3, -0.25) is 9.78 Å². The van der Waals surface area contributed by atoms with Gasteiger partial charge in [0.25, 0.3) is 5.91 Å². The van der Waals surface area contributed by atoms with E-state index in [1.165, 1.54) is 6.42 Å². The van der Waals surface area contributed by atoms with Gasteiger partial charge in [-0.1, -0.05) is 12.1 Å². The predicted molar refractivity (Wildman–Crippen MR) is 125 cm³/mol. The summed E-state index contributed by atoms with van der Waals surface area (Å²) in [6.45, 7) is 11.3. The Morgan fingerprint density at radius 1 is 1.19 bits per heavy atom. The van der Waals surface area contributed by atoms with E-state index < -0.39 is 0 Å². The number of carbonyl (C=O) groups excluding carboxylic acids is 1. The van der Waals surface area contributed by atoms with Gasteiger partial charge in [0.1, 0.15) is 5.75 Å². The lowest BCUT2D eigenvalue weighted by Crippen LogP contribution is -2.42. The summed E-state index contributed by atoms with van der Waals surface area (Å²) in [5, 5.41) is 3.61. The Balaban J connectivity index is 1.74. The molecule has 2 atom stereocenters. The minimum absolute atomic E-state index is 0.0110. The van der Waals surface area contributed by atoms with Gasteiger partial charge in [0, 0.05) is 49.5 Å². The summed E-state index contributed by atoms with van der Waals surface area (Å²) < 4.78 is 5.63. The summed E-state index contributed by atoms with van der Waals surface area (Å²) in [5.74, 6) is 1.28. The van der Waals surface area contributed by atoms with E-state index in [2.05, 4.69) is 21.3 Å². The van der Waals surface area contributed by atoms with Gasteiger partial charge in [0.05, 0.1) is 24.6 Å². The molecule has 4 rings (SSSR count). The van der Waals surface area contributed by atoms with Crippen molar-refractivity contribution in [2.24, 2.45) is 5.92 Å². The number of pyridine rings is 1. The Bertz CT molecular complexity index is 923. The van der Waals surface area contributed by atoms with Crippen LogP contribution in [0.1, 0.15) is 44.5 Å². The largest absolute Gasteiger partial charge is 0.496 e. The zero-order valence-corrected chi connectivity index (χ0v) is 19.3. The minimum Gasteiger partial charge on any atom is -0.496 e. The van der Waals surface area contributed by atoms with Gasteiger partial charge in [-0.15, -0.1) is 0 Å². The molecule has 2 aromatic rings. The number of methoxy groups -OCH3 is 1. The van der Waals surface area contributed by atoms with Crippen LogP contribution in [0.5, 0.6) is 5.75 Å². The molecule has 2 saturated heterocycles. The summed E-state index contributed by atoms with van der Waals surface area (Å²) in [6, 6.07) is 8.70. The molecule has 1 N–H and O–H groups in total. The molecule has 1 aromatic carbocycles. The molecule has 6 heteroatoms. The standard InChI is InChI=1S/C25H34N4O2/c1-16(2)29(17(3)4)25(30)24-22(7-6-8-23(24)31-5)19-10-21(13-26-12-19)28-14-18-9-20(15-28)27-11-18/h6-8,10,12-13,16-18,20,27H,9,11,14-15H2,1-5H3. The lowest BCUT2D eigenvalue weighted by Gasteiger charge is -2.33. The fourth-order valence-corrected chi connectivity index (χ4v) is 5.15. The molecule has 2 fully saturated rings. The highest BCUT2D eigenvalue weighted by Gasteiger charge is 2.33. The Labute approximate surface area is 185 Å². The minimum atomic E-state index is -0.0110. The zero-order valence-electron chi connectivity index (χ0n) is 19.3. The second-order valence-corrected chi connectivity index (χ2v) is 9.33. The van der Waals surface area contributed by atoms with Crippen LogP contribution < -0.4 is 15.0 Å². The Hall–Kier alpha value is -2.60. The molecule has 2 unspecified atom stereocenters. The molecule has 2 aliphatic heterocycles. The predicted octanol–water partition coefficient (Wildman–Crippen LogP) is 3.81. The summed E-state index contributed by atoms with van der Waals surface area (Å²) >= 11 is 0. The smallest absolute Gasteiger partial charge is 0.258 e. The highest BCUT2D eigenvalue weighted by molar-refractivity contribution is 6.04. The maximum atomic E-state index is 13.7. The van der Waals surface area contributed by atoms with Crippen molar-refractivity contribution in [3.8, 4) is 16.9 Å². The molecule has 31 heavy (non-hydrogen) atoms. The third-order valence-electron chi connectivity index (χ3n) is 6.44. The third kappa shape index (κ3) is 4.26. The number of piperidine rings is 1. The number of nitrogens with one attached hydrogen (secondary N) is 1. The van der Waals surface area contributed by atoms with Crippen LogP contribution in [0.2, 0.25) is 0 Å². The van der Waals surface area contributed by atoms with Crippen molar-refractivity contribution in [3.05, 3.63) is 42.2 Å². The van der Waals surface area contributed by atoms with E-state index in [1.807, 2.05) is 63.2 Å². The number of hydrogen-bond acceptors (Lipinski definition) is 5. The Morgan fingerprint density at radius 2 is 1.97 bits per heavy atom. The van der Waals surface area contributed by atoms with Crippen molar-refractivity contribution in [1.29, 1.82) is 0 Å². The molecule has 1 aromatic heterocycles. The normalized spacial score (nSPS) is 20.4. The molecular formula is C25H34N4O2. The van der Waals surface area contributed by atoms with Gasteiger partial charge in [-0.2, -0.15) is 0 Å². The molecule has 166 valence electrons. The molecule has 2 bridgehead atoms. The molecule has 0 aliphatic carbocycles. The first-order chi connectivity index (χ1) is 14.9. The number of hydrogen-bond donors (Lipinski definition) is 1. The van der Waals surface area contributed by atoms with E-state index in [-0.39, 0.29) is 18.0 Å². The fraction of sp³-hybridized carbons (Fsp3) is 0.520. The van der Waals surface area contributed by atoms with Crippen LogP contribution >= 0.6 is 0 Å². The van der Waals surface area contributed by atoms with Crippen molar-refractivity contribution in [3.63, 3.8) is 0 Å². The van der Waals surface area contributed by atoms with E-state index in [4.69, 9.17) is 4.74 Å². The molecule has 0 radical (unpaired) electrons. The van der Waals surface area contributed by atoms with Gasteiger partial charge in [-0.25, -0.2) is 0 Å². The number of fused-ring (bicyclic) bond motifs is 2. The van der Waals surface area contributed by atoms with Crippen molar-refractivity contribution in [1.82, 2.24) is 15.2 Å². The van der Waals surface area contributed by atoms with Crippen LogP contribution in [0.25, 0.3) is 11.1 Å². The van der Waals surface area contributed by atoms with Gasteiger partial charge < -0.3 is 19.9 Å². The zero-order chi connectivity index (χ0) is 22.1. The number of aromatic nitrogens is 1. The number of anilines is 1. The van der Waals surface area contributed by atoms with Crippen molar-refractivity contribution in [2.75, 3.05) is 31.6 Å². The molecule has 3 heterocycles. The number of carbonyl (C=O) groups is 1. The van der Waals surface area contributed by atoms with E-state index >= 15 is 0 Å². The molecule has 0 saturated carbocycles. The van der Waals surface area contributed by atoms with Crippen molar-refractivity contribution >= 4 is 11.6 Å². The monoisotopic (exact) mass is 422 g/mol. The summed E-state index contributed by atoms with van der Waals surface area (Å²) in [7, 11) is 1.62. The van der Waals surface area contributed by atoms with Crippen LogP contribution in [-0.4, -0.2) is 60.7 Å². The second-order valence-electron chi connectivity index (χ2n) is 9.33. The summed E-state index contributed by atoms with van der Waals surface area (Å²) in [5.41, 5.74) is 3.52. The highest BCUT2D eigenvalue weighted by Crippen LogP contribution is 2.35. The summed E-state index contributed by atoms with van der Waals surface area (Å²) in [6.07, 6.45) is 5.05. The van der Waals surface area contributed by atoms with Gasteiger partial charge in [0.2, 0.25) is 0 Å². The second kappa shape index (κ2) is 8.87. The number of amides is 1. The van der Waals surface area contributed by atoms with Crippen molar-refractivity contribution in [2.45, 2.75) is 52.2 Å². The lowest BCUT2D eigenvalue weighted by atomic mass is 9.96. The van der Waals surface area contributed by atoms with Gasteiger partial charge in [-0.05, 0) is 57.7 Å². The number of nitrogens with zero attached hydrogens (tertiary/aromatic N) is 3. The van der Waals surface area contributed by atoms with Crippen LogP contribution in [0.15, 0.2) is 36.7 Å². The van der Waals surface area contributed by atoms with Crippen LogP contribution in [-0.2, 0) is 0 Å². The lowest BCUT2D eigenvalue weighted by molar-refractivity contribution is 0.0641. The van der Waals surface area contributed by atoms with E-state index in [9.17, 15) is 4.79 Å². The van der Waals surface area contributed by atoms with E-state index in [1.54, 1.807) is 7.11 Å². The Morgan fingerprint density at radius 3 is 2.65 bits per heavy atom. The number of rotatable bonds is 6. The average molecular weight is 423 g/mol. The first-order valence-corrected chi connectivity index (χ1v) is 11.3. The van der Waals surface area contributed by atoms with Crippen LogP contribution in [0.4, 0.5) is 5.69 Å². The topological polar surface area (TPSA) is 57.7 Å². The number of benzene rings is 1. The van der Waals surface area contributed by atoms with Gasteiger partial charge in [0.15, 0.2) is 0 Å². The van der Waals surface area contributed by atoms with Gasteiger partial charge >= 0.3 is 0 Å². The first-order valence-electron chi connectivity index (χ1n) is 11.3. The molecule has 2 aliphatic rings. The average Bonchev–Trinajstić information content (AvgIpc) is 3.10.